The summed E-state index contributed by atoms with van der Waals surface area (Å²) < 4.78 is 12.8. The Morgan fingerprint density at radius 1 is 1.20 bits per heavy atom. The highest BCUT2D eigenvalue weighted by atomic mass is 19.1. The van der Waals surface area contributed by atoms with E-state index < -0.39 is 0 Å². The minimum atomic E-state index is -0.212. The normalized spacial score (nSPS) is 12.4. The summed E-state index contributed by atoms with van der Waals surface area (Å²) in [5.41, 5.74) is 1.09. The van der Waals surface area contributed by atoms with Gasteiger partial charge in [-0.05, 0) is 37.0 Å². The monoisotopic (exact) mass is 280 g/mol. The van der Waals surface area contributed by atoms with Crippen molar-refractivity contribution < 1.29 is 9.18 Å². The van der Waals surface area contributed by atoms with Crippen LogP contribution in [0.25, 0.3) is 0 Å². The number of carbonyl (C=O) groups is 1. The zero-order valence-corrected chi connectivity index (χ0v) is 12.6. The average molecular weight is 280 g/mol. The zero-order valence-electron chi connectivity index (χ0n) is 12.6. The van der Waals surface area contributed by atoms with E-state index >= 15 is 0 Å². The van der Waals surface area contributed by atoms with Crippen molar-refractivity contribution in [2.75, 3.05) is 13.1 Å². The van der Waals surface area contributed by atoms with Crippen LogP contribution in [0.2, 0.25) is 0 Å². The minimum Gasteiger partial charge on any atom is -0.356 e. The molecule has 4 heteroatoms. The number of nitrogens with one attached hydrogen (secondary N) is 2. The molecule has 0 aliphatic rings. The number of hydrogen-bond acceptors (Lipinski definition) is 2. The molecule has 1 atom stereocenters. The fourth-order valence-corrected chi connectivity index (χ4v) is 1.88. The van der Waals surface area contributed by atoms with Crippen LogP contribution in [-0.4, -0.2) is 25.0 Å². The van der Waals surface area contributed by atoms with Gasteiger partial charge in [-0.2, -0.15) is 0 Å². The van der Waals surface area contributed by atoms with E-state index in [2.05, 4.69) is 31.4 Å². The lowest BCUT2D eigenvalue weighted by Crippen LogP contribution is -2.34. The van der Waals surface area contributed by atoms with E-state index in [1.807, 2.05) is 0 Å². The van der Waals surface area contributed by atoms with Crippen molar-refractivity contribution in [1.82, 2.24) is 10.6 Å². The van der Waals surface area contributed by atoms with Gasteiger partial charge in [0, 0.05) is 25.6 Å². The van der Waals surface area contributed by atoms with E-state index in [-0.39, 0.29) is 17.8 Å². The number of benzene rings is 1. The first-order valence-electron chi connectivity index (χ1n) is 7.22. The van der Waals surface area contributed by atoms with Crippen LogP contribution in [0.4, 0.5) is 4.39 Å². The van der Waals surface area contributed by atoms with Crippen molar-refractivity contribution in [3.8, 4) is 0 Å². The van der Waals surface area contributed by atoms with E-state index in [0.29, 0.717) is 18.9 Å². The SMILES string of the molecule is CC(C)CNC(=O)CCNC(C)Cc1ccc(F)cc1. The van der Waals surface area contributed by atoms with Crippen LogP contribution < -0.4 is 10.6 Å². The second-order valence-electron chi connectivity index (χ2n) is 5.63. The number of hydrogen-bond donors (Lipinski definition) is 2. The van der Waals surface area contributed by atoms with Gasteiger partial charge in [-0.1, -0.05) is 26.0 Å². The summed E-state index contributed by atoms with van der Waals surface area (Å²) in [5.74, 6) is 0.348. The Morgan fingerprint density at radius 3 is 2.45 bits per heavy atom. The Morgan fingerprint density at radius 2 is 1.85 bits per heavy atom. The minimum absolute atomic E-state index is 0.0835. The fraction of sp³-hybridized carbons (Fsp3) is 0.562. The standard InChI is InChI=1S/C16H25FN2O/c1-12(2)11-19-16(20)8-9-18-13(3)10-14-4-6-15(17)7-5-14/h4-7,12-13,18H,8-11H2,1-3H3,(H,19,20). The van der Waals surface area contributed by atoms with Crippen LogP contribution in [0.5, 0.6) is 0 Å². The Hall–Kier alpha value is -1.42. The van der Waals surface area contributed by atoms with Crippen LogP contribution in [0, 0.1) is 11.7 Å². The largest absolute Gasteiger partial charge is 0.356 e. The molecule has 112 valence electrons. The van der Waals surface area contributed by atoms with Gasteiger partial charge in [0.05, 0.1) is 0 Å². The molecule has 0 saturated heterocycles. The molecular weight excluding hydrogens is 255 g/mol. The van der Waals surface area contributed by atoms with Gasteiger partial charge in [0.25, 0.3) is 0 Å². The zero-order chi connectivity index (χ0) is 15.0. The van der Waals surface area contributed by atoms with E-state index in [1.165, 1.54) is 12.1 Å². The molecule has 0 aromatic heterocycles. The third kappa shape index (κ3) is 7.24. The smallest absolute Gasteiger partial charge is 0.221 e. The Bertz CT molecular complexity index is 403. The first-order valence-corrected chi connectivity index (χ1v) is 7.22. The fourth-order valence-electron chi connectivity index (χ4n) is 1.88. The molecule has 0 saturated carbocycles. The average Bonchev–Trinajstić information content (AvgIpc) is 2.39. The highest BCUT2D eigenvalue weighted by molar-refractivity contribution is 5.76. The Labute approximate surface area is 121 Å². The predicted octanol–water partition coefficient (Wildman–Crippen LogP) is 2.51. The lowest BCUT2D eigenvalue weighted by molar-refractivity contribution is -0.121. The van der Waals surface area contributed by atoms with Gasteiger partial charge >= 0.3 is 0 Å². The van der Waals surface area contributed by atoms with Gasteiger partial charge in [0.1, 0.15) is 5.82 Å². The highest BCUT2D eigenvalue weighted by Crippen LogP contribution is 2.05. The van der Waals surface area contributed by atoms with Gasteiger partial charge < -0.3 is 10.6 Å². The summed E-state index contributed by atoms with van der Waals surface area (Å²) in [6.45, 7) is 7.60. The molecule has 0 fully saturated rings. The number of carbonyl (C=O) groups excluding carboxylic acids is 1. The van der Waals surface area contributed by atoms with Crippen LogP contribution >= 0.6 is 0 Å². The van der Waals surface area contributed by atoms with Crippen molar-refractivity contribution in [1.29, 1.82) is 0 Å². The molecule has 1 aromatic carbocycles. The Balaban J connectivity index is 2.18. The molecule has 0 heterocycles. The Kier molecular flexibility index (Phi) is 7.23. The summed E-state index contributed by atoms with van der Waals surface area (Å²) in [4.78, 5) is 11.5. The molecule has 2 N–H and O–H groups in total. The van der Waals surface area contributed by atoms with Gasteiger partial charge in [-0.3, -0.25) is 4.79 Å². The van der Waals surface area contributed by atoms with Gasteiger partial charge in [-0.15, -0.1) is 0 Å². The summed E-state index contributed by atoms with van der Waals surface area (Å²) in [6, 6.07) is 6.80. The van der Waals surface area contributed by atoms with E-state index in [0.717, 1.165) is 18.5 Å². The lowest BCUT2D eigenvalue weighted by atomic mass is 10.1. The first kappa shape index (κ1) is 16.6. The maximum atomic E-state index is 12.8. The van der Waals surface area contributed by atoms with E-state index in [9.17, 15) is 9.18 Å². The molecular formula is C16H25FN2O. The third-order valence-corrected chi connectivity index (χ3v) is 3.01. The van der Waals surface area contributed by atoms with Crippen molar-refractivity contribution in [2.45, 2.75) is 39.7 Å². The second kappa shape index (κ2) is 8.69. The predicted molar refractivity (Wildman–Crippen MR) is 80.0 cm³/mol. The van der Waals surface area contributed by atoms with Gasteiger partial charge in [0.15, 0.2) is 0 Å². The molecule has 1 aromatic rings. The molecule has 0 aliphatic heterocycles. The number of amides is 1. The summed E-state index contributed by atoms with van der Waals surface area (Å²) in [7, 11) is 0. The van der Waals surface area contributed by atoms with Crippen LogP contribution in [0.3, 0.4) is 0 Å². The summed E-state index contributed by atoms with van der Waals surface area (Å²) in [5, 5.41) is 6.20. The maximum Gasteiger partial charge on any atom is 0.221 e. The topological polar surface area (TPSA) is 41.1 Å². The molecule has 0 spiro atoms. The van der Waals surface area contributed by atoms with E-state index in [1.54, 1.807) is 12.1 Å². The quantitative estimate of drug-likeness (QED) is 0.768. The van der Waals surface area contributed by atoms with Crippen molar-refractivity contribution >= 4 is 5.91 Å². The molecule has 0 radical (unpaired) electrons. The highest BCUT2D eigenvalue weighted by Gasteiger charge is 2.06. The third-order valence-electron chi connectivity index (χ3n) is 3.01. The number of rotatable bonds is 8. The van der Waals surface area contributed by atoms with Crippen molar-refractivity contribution in [3.05, 3.63) is 35.6 Å². The van der Waals surface area contributed by atoms with Gasteiger partial charge in [0.2, 0.25) is 5.91 Å². The van der Waals surface area contributed by atoms with Crippen LogP contribution in [0.15, 0.2) is 24.3 Å². The molecule has 0 bridgehead atoms. The van der Waals surface area contributed by atoms with Gasteiger partial charge in [-0.25, -0.2) is 4.39 Å². The van der Waals surface area contributed by atoms with Crippen molar-refractivity contribution in [3.63, 3.8) is 0 Å². The first-order chi connectivity index (χ1) is 9.47. The molecule has 20 heavy (non-hydrogen) atoms. The molecule has 3 nitrogen and oxygen atoms in total. The molecule has 1 unspecified atom stereocenters. The summed E-state index contributed by atoms with van der Waals surface area (Å²) >= 11 is 0. The van der Waals surface area contributed by atoms with Crippen LogP contribution in [-0.2, 0) is 11.2 Å². The molecule has 0 aliphatic carbocycles. The van der Waals surface area contributed by atoms with Crippen molar-refractivity contribution in [2.24, 2.45) is 5.92 Å². The molecule has 1 rings (SSSR count). The second-order valence-corrected chi connectivity index (χ2v) is 5.63. The van der Waals surface area contributed by atoms with E-state index in [4.69, 9.17) is 0 Å². The number of halogens is 1. The lowest BCUT2D eigenvalue weighted by Gasteiger charge is -2.14. The maximum absolute atomic E-state index is 12.8. The summed E-state index contributed by atoms with van der Waals surface area (Å²) in [6.07, 6.45) is 1.31. The molecule has 1 amide bonds. The van der Waals surface area contributed by atoms with Crippen LogP contribution in [0.1, 0.15) is 32.8 Å².